The molecule has 0 saturated heterocycles. The van der Waals surface area contributed by atoms with Crippen molar-refractivity contribution in [2.24, 2.45) is 0 Å². The smallest absolute Gasteiger partial charge is 0.305 e. The zero-order valence-electron chi connectivity index (χ0n) is 11.8. The van der Waals surface area contributed by atoms with Crippen molar-refractivity contribution in [3.63, 3.8) is 0 Å². The number of rotatable bonds is 12. The Kier molecular flexibility index (Phi) is 12.5. The maximum atomic E-state index is 11.3. The molecule has 0 saturated carbocycles. The number of ether oxygens (including phenoxy) is 4. The Hall–Kier alpha value is -1.14. The molecule has 0 spiro atoms. The van der Waals surface area contributed by atoms with Crippen LogP contribution in [-0.2, 0) is 28.5 Å². The highest BCUT2D eigenvalue weighted by Crippen LogP contribution is 2.02. The Morgan fingerprint density at radius 2 is 1.42 bits per heavy atom. The van der Waals surface area contributed by atoms with E-state index in [1.54, 1.807) is 14.0 Å². The summed E-state index contributed by atoms with van der Waals surface area (Å²) in [6.07, 6.45) is 1.93. The molecule has 19 heavy (non-hydrogen) atoms. The van der Waals surface area contributed by atoms with Crippen molar-refractivity contribution in [3.8, 4) is 0 Å². The van der Waals surface area contributed by atoms with Crippen molar-refractivity contribution in [2.45, 2.75) is 32.6 Å². The van der Waals surface area contributed by atoms with E-state index < -0.39 is 0 Å². The van der Waals surface area contributed by atoms with Gasteiger partial charge in [0.2, 0.25) is 0 Å². The van der Waals surface area contributed by atoms with Crippen LogP contribution in [0.25, 0.3) is 0 Å². The summed E-state index contributed by atoms with van der Waals surface area (Å²) in [6.45, 7) is 3.81. The summed E-state index contributed by atoms with van der Waals surface area (Å²) in [4.78, 5) is 22.3. The standard InChI is InChI=1S/C13H24O6/c1-3-18-12(14)6-4-5-7-13(15)19-11-10-17-9-8-16-2/h3-11H2,1-2H3. The molecule has 0 heterocycles. The molecule has 0 fully saturated rings. The van der Waals surface area contributed by atoms with Crippen molar-refractivity contribution in [2.75, 3.05) is 40.1 Å². The molecule has 0 amide bonds. The summed E-state index contributed by atoms with van der Waals surface area (Å²) in [5.41, 5.74) is 0. The van der Waals surface area contributed by atoms with Gasteiger partial charge in [-0.3, -0.25) is 9.59 Å². The number of hydrogen-bond acceptors (Lipinski definition) is 6. The number of methoxy groups -OCH3 is 1. The van der Waals surface area contributed by atoms with Gasteiger partial charge in [-0.05, 0) is 19.8 Å². The fraction of sp³-hybridized carbons (Fsp3) is 0.846. The lowest BCUT2D eigenvalue weighted by molar-refractivity contribution is -0.146. The third-order valence-electron chi connectivity index (χ3n) is 2.24. The third-order valence-corrected chi connectivity index (χ3v) is 2.24. The van der Waals surface area contributed by atoms with Gasteiger partial charge in [-0.1, -0.05) is 0 Å². The van der Waals surface area contributed by atoms with Crippen LogP contribution >= 0.6 is 0 Å². The molecule has 6 heteroatoms. The van der Waals surface area contributed by atoms with Crippen LogP contribution in [0.4, 0.5) is 0 Å². The summed E-state index contributed by atoms with van der Waals surface area (Å²) in [5.74, 6) is -0.485. The SMILES string of the molecule is CCOC(=O)CCCCC(=O)OCCOCCOC. The second-order valence-electron chi connectivity index (χ2n) is 3.84. The van der Waals surface area contributed by atoms with Crippen LogP contribution in [0.5, 0.6) is 0 Å². The third kappa shape index (κ3) is 13.1. The summed E-state index contributed by atoms with van der Waals surface area (Å²) in [5, 5.41) is 0. The fourth-order valence-corrected chi connectivity index (χ4v) is 1.30. The van der Waals surface area contributed by atoms with E-state index in [-0.39, 0.29) is 18.5 Å². The highest BCUT2D eigenvalue weighted by Gasteiger charge is 2.05. The van der Waals surface area contributed by atoms with Gasteiger partial charge in [0.25, 0.3) is 0 Å². The molecular formula is C13H24O6. The van der Waals surface area contributed by atoms with Crippen molar-refractivity contribution in [1.82, 2.24) is 0 Å². The molecule has 0 atom stereocenters. The molecule has 0 aromatic heterocycles. The summed E-state index contributed by atoms with van der Waals surface area (Å²) in [7, 11) is 1.60. The topological polar surface area (TPSA) is 71.1 Å². The predicted octanol–water partition coefficient (Wildman–Crippen LogP) is 1.32. The van der Waals surface area contributed by atoms with Crippen molar-refractivity contribution < 1.29 is 28.5 Å². The Bertz CT molecular complexity index is 241. The highest BCUT2D eigenvalue weighted by molar-refractivity contribution is 5.70. The Morgan fingerprint density at radius 3 is 2.00 bits per heavy atom. The van der Waals surface area contributed by atoms with Crippen molar-refractivity contribution in [1.29, 1.82) is 0 Å². The number of carbonyl (C=O) groups excluding carboxylic acids is 2. The first-order valence-electron chi connectivity index (χ1n) is 6.58. The van der Waals surface area contributed by atoms with Gasteiger partial charge in [0, 0.05) is 20.0 Å². The molecule has 112 valence electrons. The molecule has 0 aromatic carbocycles. The molecule has 0 radical (unpaired) electrons. The Morgan fingerprint density at radius 1 is 0.842 bits per heavy atom. The number of hydrogen-bond donors (Lipinski definition) is 0. The van der Waals surface area contributed by atoms with Gasteiger partial charge in [0.1, 0.15) is 6.61 Å². The Labute approximate surface area is 114 Å². The van der Waals surface area contributed by atoms with Gasteiger partial charge in [-0.2, -0.15) is 0 Å². The van der Waals surface area contributed by atoms with E-state index in [4.69, 9.17) is 18.9 Å². The average molecular weight is 276 g/mol. The molecule has 0 aliphatic rings. The van der Waals surface area contributed by atoms with E-state index >= 15 is 0 Å². The first-order valence-corrected chi connectivity index (χ1v) is 6.58. The minimum Gasteiger partial charge on any atom is -0.466 e. The normalized spacial score (nSPS) is 10.2. The minimum atomic E-state index is -0.265. The van der Waals surface area contributed by atoms with Gasteiger partial charge < -0.3 is 18.9 Å². The second-order valence-corrected chi connectivity index (χ2v) is 3.84. The molecule has 0 aliphatic heterocycles. The average Bonchev–Trinajstić information content (AvgIpc) is 2.39. The number of esters is 2. The lowest BCUT2D eigenvalue weighted by atomic mass is 10.2. The molecule has 0 bridgehead atoms. The van der Waals surface area contributed by atoms with Crippen molar-refractivity contribution >= 4 is 11.9 Å². The summed E-state index contributed by atoms with van der Waals surface area (Å²) < 4.78 is 19.7. The molecule has 6 nitrogen and oxygen atoms in total. The van der Waals surface area contributed by atoms with E-state index in [0.29, 0.717) is 52.1 Å². The molecule has 0 aliphatic carbocycles. The second kappa shape index (κ2) is 13.3. The van der Waals surface area contributed by atoms with Gasteiger partial charge in [-0.15, -0.1) is 0 Å². The van der Waals surface area contributed by atoms with Gasteiger partial charge in [-0.25, -0.2) is 0 Å². The predicted molar refractivity (Wildman–Crippen MR) is 68.8 cm³/mol. The van der Waals surface area contributed by atoms with Crippen LogP contribution < -0.4 is 0 Å². The maximum absolute atomic E-state index is 11.3. The first-order chi connectivity index (χ1) is 9.20. The van der Waals surface area contributed by atoms with E-state index in [1.165, 1.54) is 0 Å². The van der Waals surface area contributed by atoms with Crippen LogP contribution in [0.2, 0.25) is 0 Å². The monoisotopic (exact) mass is 276 g/mol. The molecule has 0 rings (SSSR count). The van der Waals surface area contributed by atoms with Crippen LogP contribution in [0.15, 0.2) is 0 Å². The molecule has 0 unspecified atom stereocenters. The van der Waals surface area contributed by atoms with Crippen molar-refractivity contribution in [3.05, 3.63) is 0 Å². The maximum Gasteiger partial charge on any atom is 0.305 e. The number of unbranched alkanes of at least 4 members (excludes halogenated alkanes) is 1. The van der Waals surface area contributed by atoms with E-state index in [1.807, 2.05) is 0 Å². The van der Waals surface area contributed by atoms with Crippen LogP contribution in [0.3, 0.4) is 0 Å². The van der Waals surface area contributed by atoms with Gasteiger partial charge in [0.05, 0.1) is 26.4 Å². The van der Waals surface area contributed by atoms with Crippen LogP contribution in [0, 0.1) is 0 Å². The molecule has 0 N–H and O–H groups in total. The summed E-state index contributed by atoms with van der Waals surface area (Å²) >= 11 is 0. The van der Waals surface area contributed by atoms with E-state index in [0.717, 1.165) is 0 Å². The lowest BCUT2D eigenvalue weighted by Crippen LogP contribution is -2.12. The van der Waals surface area contributed by atoms with Gasteiger partial charge in [0.15, 0.2) is 0 Å². The minimum absolute atomic E-state index is 0.220. The van der Waals surface area contributed by atoms with Crippen LogP contribution in [-0.4, -0.2) is 52.1 Å². The van der Waals surface area contributed by atoms with Crippen LogP contribution in [0.1, 0.15) is 32.6 Å². The zero-order chi connectivity index (χ0) is 14.3. The Balaban J connectivity index is 3.28. The van der Waals surface area contributed by atoms with E-state index in [2.05, 4.69) is 0 Å². The van der Waals surface area contributed by atoms with E-state index in [9.17, 15) is 9.59 Å². The number of carbonyl (C=O) groups is 2. The molecule has 0 aromatic rings. The van der Waals surface area contributed by atoms with Gasteiger partial charge >= 0.3 is 11.9 Å². The summed E-state index contributed by atoms with van der Waals surface area (Å²) in [6, 6.07) is 0. The largest absolute Gasteiger partial charge is 0.466 e. The molecular weight excluding hydrogens is 252 g/mol. The quantitative estimate of drug-likeness (QED) is 0.395. The lowest BCUT2D eigenvalue weighted by Gasteiger charge is -2.06. The zero-order valence-corrected chi connectivity index (χ0v) is 11.8. The fourth-order valence-electron chi connectivity index (χ4n) is 1.30. The first kappa shape index (κ1) is 17.9. The highest BCUT2D eigenvalue weighted by atomic mass is 16.6.